The third-order valence-corrected chi connectivity index (χ3v) is 5.31. The lowest BCUT2D eigenvalue weighted by Crippen LogP contribution is -2.11. The zero-order chi connectivity index (χ0) is 20.8. The largest absolute Gasteiger partial charge is 0.322 e. The first-order valence-electron chi connectivity index (χ1n) is 9.87. The molecule has 146 valence electrons. The van der Waals surface area contributed by atoms with Gasteiger partial charge in [0.2, 0.25) is 0 Å². The second-order valence-corrected chi connectivity index (χ2v) is 7.24. The number of nitrogens with one attached hydrogen (secondary N) is 1. The molecule has 1 amide bonds. The zero-order valence-corrected chi connectivity index (χ0v) is 16.3. The fraction of sp³-hybridized carbons (Fsp3) is 0. The minimum Gasteiger partial charge on any atom is -0.322 e. The molecular formula is C25H15N5O. The molecule has 6 nitrogen and oxygen atoms in total. The number of amides is 1. The Kier molecular flexibility index (Phi) is 3.83. The van der Waals surface area contributed by atoms with Gasteiger partial charge in [-0.1, -0.05) is 18.2 Å². The summed E-state index contributed by atoms with van der Waals surface area (Å²) in [5, 5.41) is 4.70. The lowest BCUT2D eigenvalue weighted by Gasteiger charge is -2.09. The number of pyridine rings is 2. The maximum atomic E-state index is 12.7. The van der Waals surface area contributed by atoms with E-state index in [-0.39, 0.29) is 5.91 Å². The zero-order valence-electron chi connectivity index (χ0n) is 16.3. The van der Waals surface area contributed by atoms with Crippen LogP contribution in [0.2, 0.25) is 0 Å². The molecular weight excluding hydrogens is 386 g/mol. The number of rotatable bonds is 2. The van der Waals surface area contributed by atoms with E-state index in [1.54, 1.807) is 24.5 Å². The average Bonchev–Trinajstić information content (AvgIpc) is 2.83. The summed E-state index contributed by atoms with van der Waals surface area (Å²) in [4.78, 5) is 31.6. The van der Waals surface area contributed by atoms with Gasteiger partial charge < -0.3 is 5.32 Å². The van der Waals surface area contributed by atoms with Crippen molar-refractivity contribution in [2.24, 2.45) is 0 Å². The lowest BCUT2D eigenvalue weighted by atomic mass is 10.1. The molecule has 0 saturated heterocycles. The molecule has 0 aliphatic heterocycles. The van der Waals surface area contributed by atoms with Crippen molar-refractivity contribution in [1.29, 1.82) is 0 Å². The average molecular weight is 401 g/mol. The Morgan fingerprint density at radius 1 is 0.645 bits per heavy atom. The Balaban J connectivity index is 1.57. The number of hydrogen-bond acceptors (Lipinski definition) is 5. The van der Waals surface area contributed by atoms with Crippen LogP contribution in [0.5, 0.6) is 0 Å². The summed E-state index contributed by atoms with van der Waals surface area (Å²) < 4.78 is 0. The van der Waals surface area contributed by atoms with Gasteiger partial charge in [-0.3, -0.25) is 14.8 Å². The minimum atomic E-state index is -0.191. The number of fused-ring (bicyclic) bond motifs is 7. The molecule has 6 rings (SSSR count). The maximum absolute atomic E-state index is 12.7. The Hall–Kier alpha value is -4.45. The van der Waals surface area contributed by atoms with Gasteiger partial charge in [-0.15, -0.1) is 0 Å². The van der Waals surface area contributed by atoms with Gasteiger partial charge in [-0.05, 0) is 54.6 Å². The standard InChI is InChI=1S/C25H15N5O/c31-25(28-16-6-2-1-3-7-16)15-10-11-19-20(14-15)30-24-18-9-5-13-27-22(18)21-17(23(24)29-19)8-4-12-26-21/h1-14H,(H,28,31). The van der Waals surface area contributed by atoms with E-state index < -0.39 is 0 Å². The predicted octanol–water partition coefficient (Wildman–Crippen LogP) is 5.13. The fourth-order valence-corrected chi connectivity index (χ4v) is 3.87. The van der Waals surface area contributed by atoms with Crippen molar-refractivity contribution in [3.8, 4) is 0 Å². The first kappa shape index (κ1) is 17.4. The van der Waals surface area contributed by atoms with Gasteiger partial charge in [0.1, 0.15) is 0 Å². The summed E-state index contributed by atoms with van der Waals surface area (Å²) in [5.74, 6) is -0.191. The highest BCUT2D eigenvalue weighted by molar-refractivity contribution is 6.21. The topological polar surface area (TPSA) is 80.7 Å². The van der Waals surface area contributed by atoms with Crippen LogP contribution in [0.15, 0.2) is 85.2 Å². The van der Waals surface area contributed by atoms with Gasteiger partial charge in [-0.25, -0.2) is 9.97 Å². The molecule has 0 radical (unpaired) electrons. The number of anilines is 1. The summed E-state index contributed by atoms with van der Waals surface area (Å²) >= 11 is 0. The van der Waals surface area contributed by atoms with Gasteiger partial charge >= 0.3 is 0 Å². The number of nitrogens with zero attached hydrogens (tertiary/aromatic N) is 4. The van der Waals surface area contributed by atoms with E-state index in [0.29, 0.717) is 11.1 Å². The van der Waals surface area contributed by atoms with Crippen LogP contribution in [0.4, 0.5) is 5.69 Å². The number of aromatic nitrogens is 4. The van der Waals surface area contributed by atoms with E-state index in [2.05, 4.69) is 15.3 Å². The Morgan fingerprint density at radius 2 is 1.29 bits per heavy atom. The Bertz CT molecular complexity index is 1630. The van der Waals surface area contributed by atoms with Crippen molar-refractivity contribution in [2.45, 2.75) is 0 Å². The van der Waals surface area contributed by atoms with Crippen LogP contribution in [0.3, 0.4) is 0 Å². The summed E-state index contributed by atoms with van der Waals surface area (Å²) in [6.45, 7) is 0. The van der Waals surface area contributed by atoms with E-state index in [9.17, 15) is 4.79 Å². The molecule has 0 unspecified atom stereocenters. The first-order chi connectivity index (χ1) is 15.3. The minimum absolute atomic E-state index is 0.191. The van der Waals surface area contributed by atoms with Crippen molar-refractivity contribution in [3.05, 3.63) is 90.8 Å². The van der Waals surface area contributed by atoms with E-state index in [1.807, 2.05) is 60.7 Å². The van der Waals surface area contributed by atoms with E-state index in [1.165, 1.54) is 0 Å². The highest BCUT2D eigenvalue weighted by Gasteiger charge is 2.15. The Labute approximate surface area is 176 Å². The van der Waals surface area contributed by atoms with Crippen molar-refractivity contribution >= 4 is 55.5 Å². The van der Waals surface area contributed by atoms with Crippen LogP contribution in [0.25, 0.3) is 43.9 Å². The van der Waals surface area contributed by atoms with Crippen LogP contribution < -0.4 is 5.32 Å². The summed E-state index contributed by atoms with van der Waals surface area (Å²) in [5.41, 5.74) is 5.76. The SMILES string of the molecule is O=C(Nc1ccccc1)c1ccc2nc3c4cccnc4c4ncccc4c3nc2c1. The van der Waals surface area contributed by atoms with E-state index in [0.717, 1.165) is 44.0 Å². The molecule has 0 bridgehead atoms. The molecule has 6 aromatic rings. The fourth-order valence-electron chi connectivity index (χ4n) is 3.87. The first-order valence-corrected chi connectivity index (χ1v) is 9.87. The van der Waals surface area contributed by atoms with Gasteiger partial charge in [0.05, 0.1) is 33.1 Å². The monoisotopic (exact) mass is 401 g/mol. The van der Waals surface area contributed by atoms with Crippen LogP contribution >= 0.6 is 0 Å². The maximum Gasteiger partial charge on any atom is 0.255 e. The summed E-state index contributed by atoms with van der Waals surface area (Å²) in [6, 6.07) is 22.5. The summed E-state index contributed by atoms with van der Waals surface area (Å²) in [7, 11) is 0. The second-order valence-electron chi connectivity index (χ2n) is 7.24. The molecule has 31 heavy (non-hydrogen) atoms. The Morgan fingerprint density at radius 3 is 1.97 bits per heavy atom. The van der Waals surface area contributed by atoms with E-state index in [4.69, 9.17) is 9.97 Å². The van der Waals surface area contributed by atoms with Gasteiger partial charge in [0, 0.05) is 34.4 Å². The third-order valence-electron chi connectivity index (χ3n) is 5.31. The molecule has 0 aliphatic rings. The number of benzene rings is 3. The normalized spacial score (nSPS) is 11.4. The highest BCUT2D eigenvalue weighted by atomic mass is 16.1. The highest BCUT2D eigenvalue weighted by Crippen LogP contribution is 2.31. The van der Waals surface area contributed by atoms with Crippen LogP contribution in [-0.4, -0.2) is 25.8 Å². The summed E-state index contributed by atoms with van der Waals surface area (Å²) in [6.07, 6.45) is 3.51. The molecule has 0 fully saturated rings. The molecule has 0 atom stereocenters. The predicted molar refractivity (Wildman–Crippen MR) is 122 cm³/mol. The molecule has 3 aromatic heterocycles. The molecule has 6 heteroatoms. The molecule has 3 heterocycles. The van der Waals surface area contributed by atoms with Crippen LogP contribution in [0.1, 0.15) is 10.4 Å². The molecule has 3 aromatic carbocycles. The van der Waals surface area contributed by atoms with Crippen molar-refractivity contribution in [2.75, 3.05) is 5.32 Å². The lowest BCUT2D eigenvalue weighted by molar-refractivity contribution is 0.102. The molecule has 0 spiro atoms. The smallest absolute Gasteiger partial charge is 0.255 e. The van der Waals surface area contributed by atoms with Crippen molar-refractivity contribution in [1.82, 2.24) is 19.9 Å². The molecule has 0 saturated carbocycles. The van der Waals surface area contributed by atoms with Crippen molar-refractivity contribution < 1.29 is 4.79 Å². The second kappa shape index (κ2) is 6.81. The quantitative estimate of drug-likeness (QED) is 0.321. The number of hydrogen-bond donors (Lipinski definition) is 1. The van der Waals surface area contributed by atoms with Crippen LogP contribution in [-0.2, 0) is 0 Å². The number of carbonyl (C=O) groups is 1. The van der Waals surface area contributed by atoms with Gasteiger partial charge in [-0.2, -0.15) is 0 Å². The van der Waals surface area contributed by atoms with E-state index >= 15 is 0 Å². The van der Waals surface area contributed by atoms with Gasteiger partial charge in [0.15, 0.2) is 0 Å². The van der Waals surface area contributed by atoms with Crippen molar-refractivity contribution in [3.63, 3.8) is 0 Å². The third kappa shape index (κ3) is 2.85. The van der Waals surface area contributed by atoms with Crippen LogP contribution in [0, 0.1) is 0 Å². The number of para-hydroxylation sites is 1. The molecule has 1 N–H and O–H groups in total. The number of carbonyl (C=O) groups excluding carboxylic acids is 1. The van der Waals surface area contributed by atoms with Gasteiger partial charge in [0.25, 0.3) is 5.91 Å². The molecule has 0 aliphatic carbocycles.